The van der Waals surface area contributed by atoms with Gasteiger partial charge in [0.2, 0.25) is 0 Å². The highest BCUT2D eigenvalue weighted by Crippen LogP contribution is 2.28. The van der Waals surface area contributed by atoms with Crippen molar-refractivity contribution in [2.45, 2.75) is 18.9 Å². The Bertz CT molecular complexity index is 617. The van der Waals surface area contributed by atoms with E-state index in [0.29, 0.717) is 18.0 Å². The van der Waals surface area contributed by atoms with E-state index in [1.807, 2.05) is 30.3 Å². The van der Waals surface area contributed by atoms with Gasteiger partial charge in [0.05, 0.1) is 23.6 Å². The van der Waals surface area contributed by atoms with Gasteiger partial charge in [-0.3, -0.25) is 9.89 Å². The number of H-pyrrole nitrogens is 1. The van der Waals surface area contributed by atoms with Crippen molar-refractivity contribution in [3.05, 3.63) is 42.1 Å². The smallest absolute Gasteiger partial charge is 0.257 e. The Morgan fingerprint density at radius 1 is 1.38 bits per heavy atom. The lowest BCUT2D eigenvalue weighted by atomic mass is 9.82. The highest BCUT2D eigenvalue weighted by molar-refractivity contribution is 5.99. The average Bonchev–Trinajstić information content (AvgIpc) is 2.95. The van der Waals surface area contributed by atoms with Crippen LogP contribution in [-0.2, 0) is 0 Å². The fraction of sp³-hybridized carbons (Fsp3) is 0.375. The molecule has 2 aromatic rings. The molecule has 1 aliphatic carbocycles. The van der Waals surface area contributed by atoms with Crippen molar-refractivity contribution in [1.82, 2.24) is 15.1 Å². The first-order valence-electron chi connectivity index (χ1n) is 7.17. The summed E-state index contributed by atoms with van der Waals surface area (Å²) in [5, 5.41) is 16.3. The zero-order chi connectivity index (χ0) is 14.8. The van der Waals surface area contributed by atoms with Gasteiger partial charge in [0, 0.05) is 19.2 Å². The number of amides is 1. The Morgan fingerprint density at radius 3 is 2.76 bits per heavy atom. The number of benzene rings is 1. The van der Waals surface area contributed by atoms with Crippen LogP contribution in [0.15, 0.2) is 36.5 Å². The normalized spacial score (nSPS) is 20.9. The molecule has 21 heavy (non-hydrogen) atoms. The molecule has 1 aromatic carbocycles. The van der Waals surface area contributed by atoms with Gasteiger partial charge in [-0.15, -0.1) is 0 Å². The van der Waals surface area contributed by atoms with Gasteiger partial charge in [0.15, 0.2) is 0 Å². The predicted octanol–water partition coefficient (Wildman–Crippen LogP) is 1.92. The van der Waals surface area contributed by atoms with Crippen molar-refractivity contribution < 1.29 is 9.90 Å². The first-order valence-corrected chi connectivity index (χ1v) is 7.17. The van der Waals surface area contributed by atoms with Crippen LogP contribution in [0.1, 0.15) is 23.2 Å². The number of hydrogen-bond donors (Lipinski definition) is 2. The number of aliphatic hydroxyl groups is 1. The molecule has 2 N–H and O–H groups in total. The molecule has 1 fully saturated rings. The van der Waals surface area contributed by atoms with Crippen molar-refractivity contribution in [1.29, 1.82) is 0 Å². The maximum absolute atomic E-state index is 12.6. The molecule has 1 aromatic heterocycles. The minimum Gasteiger partial charge on any atom is -0.393 e. The SMILES string of the molecule is CN(CC1CC(O)C1)C(=O)c1cn[nH]c1-c1ccccc1. The van der Waals surface area contributed by atoms with Gasteiger partial charge in [0.25, 0.3) is 5.91 Å². The molecule has 5 heteroatoms. The van der Waals surface area contributed by atoms with Gasteiger partial charge in [0.1, 0.15) is 0 Å². The zero-order valence-corrected chi connectivity index (χ0v) is 12.0. The van der Waals surface area contributed by atoms with Crippen LogP contribution >= 0.6 is 0 Å². The van der Waals surface area contributed by atoms with Crippen LogP contribution in [0.3, 0.4) is 0 Å². The molecule has 5 nitrogen and oxygen atoms in total. The number of carbonyl (C=O) groups excluding carboxylic acids is 1. The number of aromatic nitrogens is 2. The van der Waals surface area contributed by atoms with Gasteiger partial charge in [-0.05, 0) is 18.8 Å². The third-order valence-corrected chi connectivity index (χ3v) is 4.02. The molecule has 0 unspecified atom stereocenters. The number of rotatable bonds is 4. The van der Waals surface area contributed by atoms with Crippen LogP contribution < -0.4 is 0 Å². The summed E-state index contributed by atoms with van der Waals surface area (Å²) < 4.78 is 0. The number of hydrogen-bond acceptors (Lipinski definition) is 3. The van der Waals surface area contributed by atoms with Gasteiger partial charge >= 0.3 is 0 Å². The maximum Gasteiger partial charge on any atom is 0.257 e. The topological polar surface area (TPSA) is 69.2 Å². The molecule has 1 aliphatic rings. The van der Waals surface area contributed by atoms with E-state index in [0.717, 1.165) is 24.1 Å². The first-order chi connectivity index (χ1) is 10.1. The minimum atomic E-state index is -0.188. The molecular formula is C16H19N3O2. The van der Waals surface area contributed by atoms with Crippen LogP contribution in [0.2, 0.25) is 0 Å². The summed E-state index contributed by atoms with van der Waals surface area (Å²) in [6.07, 6.45) is 2.96. The zero-order valence-electron chi connectivity index (χ0n) is 12.0. The number of carbonyl (C=O) groups is 1. The summed E-state index contributed by atoms with van der Waals surface area (Å²) in [5.74, 6) is 0.366. The Labute approximate surface area is 123 Å². The van der Waals surface area contributed by atoms with Crippen molar-refractivity contribution in [2.75, 3.05) is 13.6 Å². The number of aromatic amines is 1. The van der Waals surface area contributed by atoms with Crippen molar-refractivity contribution in [3.63, 3.8) is 0 Å². The van der Waals surface area contributed by atoms with Crippen LogP contribution in [0.25, 0.3) is 11.3 Å². The van der Waals surface area contributed by atoms with Gasteiger partial charge in [-0.2, -0.15) is 5.10 Å². The Balaban J connectivity index is 1.75. The molecule has 0 radical (unpaired) electrons. The number of aliphatic hydroxyl groups excluding tert-OH is 1. The molecule has 0 bridgehead atoms. The van der Waals surface area contributed by atoms with Crippen molar-refractivity contribution in [3.8, 4) is 11.3 Å². The molecule has 110 valence electrons. The Hall–Kier alpha value is -2.14. The second-order valence-corrected chi connectivity index (χ2v) is 5.70. The highest BCUT2D eigenvalue weighted by Gasteiger charge is 2.30. The molecule has 1 heterocycles. The third-order valence-electron chi connectivity index (χ3n) is 4.02. The summed E-state index contributed by atoms with van der Waals surface area (Å²) in [6, 6.07) is 9.71. The number of nitrogens with zero attached hydrogens (tertiary/aromatic N) is 2. The quantitative estimate of drug-likeness (QED) is 0.901. The van der Waals surface area contributed by atoms with E-state index in [4.69, 9.17) is 0 Å². The second-order valence-electron chi connectivity index (χ2n) is 5.70. The predicted molar refractivity (Wildman–Crippen MR) is 79.7 cm³/mol. The number of nitrogens with one attached hydrogen (secondary N) is 1. The van der Waals surface area contributed by atoms with Crippen molar-refractivity contribution in [2.24, 2.45) is 5.92 Å². The van der Waals surface area contributed by atoms with E-state index >= 15 is 0 Å². The lowest BCUT2D eigenvalue weighted by Crippen LogP contribution is -2.39. The van der Waals surface area contributed by atoms with Crippen LogP contribution in [0.5, 0.6) is 0 Å². The lowest BCUT2D eigenvalue weighted by molar-refractivity contribution is 0.0265. The molecule has 1 saturated carbocycles. The first kappa shape index (κ1) is 13.8. The summed E-state index contributed by atoms with van der Waals surface area (Å²) in [4.78, 5) is 14.3. The Kier molecular flexibility index (Phi) is 3.75. The minimum absolute atomic E-state index is 0.0380. The summed E-state index contributed by atoms with van der Waals surface area (Å²) >= 11 is 0. The fourth-order valence-electron chi connectivity index (χ4n) is 2.80. The molecule has 0 aliphatic heterocycles. The average molecular weight is 285 g/mol. The van der Waals surface area contributed by atoms with Gasteiger partial charge in [-0.1, -0.05) is 30.3 Å². The third kappa shape index (κ3) is 2.83. The van der Waals surface area contributed by atoms with Crippen molar-refractivity contribution >= 4 is 5.91 Å². The van der Waals surface area contributed by atoms with Gasteiger partial charge < -0.3 is 10.0 Å². The summed E-state index contributed by atoms with van der Waals surface area (Å²) in [6.45, 7) is 0.676. The second kappa shape index (κ2) is 5.69. The highest BCUT2D eigenvalue weighted by atomic mass is 16.3. The van der Waals surface area contributed by atoms with Crippen LogP contribution in [0.4, 0.5) is 0 Å². The van der Waals surface area contributed by atoms with E-state index in [-0.39, 0.29) is 12.0 Å². The van der Waals surface area contributed by atoms with E-state index in [1.165, 1.54) is 0 Å². The van der Waals surface area contributed by atoms with E-state index < -0.39 is 0 Å². The largest absolute Gasteiger partial charge is 0.393 e. The fourth-order valence-corrected chi connectivity index (χ4v) is 2.80. The molecule has 0 spiro atoms. The standard InChI is InChI=1S/C16H19N3O2/c1-19(10-11-7-13(20)8-11)16(21)14-9-17-18-15(14)12-5-3-2-4-6-12/h2-6,9,11,13,20H,7-8,10H2,1H3,(H,17,18). The molecule has 0 atom stereocenters. The van der Waals surface area contributed by atoms with Gasteiger partial charge in [-0.25, -0.2) is 0 Å². The molecule has 3 rings (SSSR count). The summed E-state index contributed by atoms with van der Waals surface area (Å²) in [7, 11) is 1.80. The van der Waals surface area contributed by atoms with Crippen LogP contribution in [0, 0.1) is 5.92 Å². The summed E-state index contributed by atoms with van der Waals surface area (Å²) in [5.41, 5.74) is 2.29. The molecule has 1 amide bonds. The van der Waals surface area contributed by atoms with Crippen LogP contribution in [-0.4, -0.2) is 45.8 Å². The molecular weight excluding hydrogens is 266 g/mol. The Morgan fingerprint density at radius 2 is 2.10 bits per heavy atom. The monoisotopic (exact) mass is 285 g/mol. The van der Waals surface area contributed by atoms with E-state index in [1.54, 1.807) is 18.1 Å². The van der Waals surface area contributed by atoms with E-state index in [2.05, 4.69) is 10.2 Å². The molecule has 0 saturated heterocycles. The lowest BCUT2D eigenvalue weighted by Gasteiger charge is -2.34. The maximum atomic E-state index is 12.6. The van der Waals surface area contributed by atoms with E-state index in [9.17, 15) is 9.90 Å².